The van der Waals surface area contributed by atoms with Crippen molar-refractivity contribution in [3.63, 3.8) is 0 Å². The molecule has 0 aliphatic rings. The molecule has 3 rings (SSSR count). The predicted molar refractivity (Wildman–Crippen MR) is 112 cm³/mol. The normalized spacial score (nSPS) is 13.4. The van der Waals surface area contributed by atoms with Gasteiger partial charge in [-0.05, 0) is 35.9 Å². The lowest BCUT2D eigenvalue weighted by atomic mass is 10.1. The first-order chi connectivity index (χ1) is 14.9. The third-order valence-electron chi connectivity index (χ3n) is 4.07. The van der Waals surface area contributed by atoms with E-state index in [0.29, 0.717) is 0 Å². The van der Waals surface area contributed by atoms with E-state index >= 15 is 0 Å². The van der Waals surface area contributed by atoms with Crippen molar-refractivity contribution in [2.24, 2.45) is 5.14 Å². The molecule has 0 bridgehead atoms. The van der Waals surface area contributed by atoms with E-state index < -0.39 is 33.1 Å². The molecule has 1 atom stereocenters. The van der Waals surface area contributed by atoms with Crippen LogP contribution in [0.4, 0.5) is 33.6 Å². The Balaban J connectivity index is 2.07. The number of ether oxygens (including phenoxy) is 1. The molecule has 3 N–H and O–H groups in total. The van der Waals surface area contributed by atoms with Gasteiger partial charge in [-0.25, -0.2) is 18.7 Å². The lowest BCUT2D eigenvalue weighted by Gasteiger charge is -2.13. The molecule has 1 unspecified atom stereocenters. The maximum absolute atomic E-state index is 14.4. The number of rotatable bonds is 5. The molecular weight excluding hydrogens is 455 g/mol. The van der Waals surface area contributed by atoms with Gasteiger partial charge in [0.1, 0.15) is 17.3 Å². The molecule has 0 spiro atoms. The Labute approximate surface area is 180 Å². The lowest BCUT2D eigenvalue weighted by Crippen LogP contribution is -2.14. The summed E-state index contributed by atoms with van der Waals surface area (Å²) in [6.45, 7) is 0. The van der Waals surface area contributed by atoms with Gasteiger partial charge in [-0.1, -0.05) is 0 Å². The number of hydrogen-bond acceptors (Lipinski definition) is 5. The van der Waals surface area contributed by atoms with Crippen LogP contribution >= 0.6 is 0 Å². The molecule has 0 aliphatic heterocycles. The topological polar surface area (TPSA) is 90.1 Å². The zero-order valence-corrected chi connectivity index (χ0v) is 17.5. The summed E-state index contributed by atoms with van der Waals surface area (Å²) in [5, 5.41) is 9.01. The van der Waals surface area contributed by atoms with Gasteiger partial charge in [0.15, 0.2) is 5.82 Å². The van der Waals surface area contributed by atoms with Crippen LogP contribution in [-0.4, -0.2) is 32.9 Å². The number of nitrogens with zero attached hydrogens (tertiary/aromatic N) is 2. The van der Waals surface area contributed by atoms with Crippen molar-refractivity contribution < 1.29 is 30.9 Å². The number of nitrogens with one attached hydrogen (secondary N) is 1. The molecule has 0 saturated carbocycles. The minimum atomic E-state index is -4.69. The maximum Gasteiger partial charge on any atom is 0.416 e. The molecule has 0 amide bonds. The molecule has 0 saturated heterocycles. The summed E-state index contributed by atoms with van der Waals surface area (Å²) in [4.78, 5) is 7.74. The van der Waals surface area contributed by atoms with Gasteiger partial charge in [-0.3, -0.25) is 9.35 Å². The highest BCUT2D eigenvalue weighted by Crippen LogP contribution is 2.34. The molecule has 170 valence electrons. The fourth-order valence-electron chi connectivity index (χ4n) is 2.83. The molecule has 6 nitrogen and oxygen atoms in total. The number of alkyl halides is 3. The number of nitrogens with two attached hydrogens (primary N) is 1. The molecule has 2 aromatic carbocycles. The number of halogens is 5. The maximum atomic E-state index is 14.4. The fraction of sp³-hybridized carbons (Fsp3) is 0.150. The highest BCUT2D eigenvalue weighted by Gasteiger charge is 2.31. The number of hydrogen-bond donors (Lipinski definition) is 2. The van der Waals surface area contributed by atoms with Crippen LogP contribution in [0, 0.1) is 11.6 Å². The van der Waals surface area contributed by atoms with Crippen LogP contribution in [-0.2, 0) is 15.9 Å². The molecule has 3 aromatic rings. The Hall–Kier alpha value is -3.25. The Bertz CT molecular complexity index is 1280. The van der Waals surface area contributed by atoms with E-state index in [9.17, 15) is 26.2 Å². The Kier molecular flexibility index (Phi) is 6.37. The van der Waals surface area contributed by atoms with Gasteiger partial charge in [-0.15, -0.1) is 0 Å². The van der Waals surface area contributed by atoms with Crippen LogP contribution in [0.1, 0.15) is 11.1 Å². The highest BCUT2D eigenvalue weighted by atomic mass is 32.2. The third-order valence-corrected chi connectivity index (χ3v) is 4.81. The van der Waals surface area contributed by atoms with Gasteiger partial charge in [-0.2, -0.15) is 13.2 Å². The van der Waals surface area contributed by atoms with Crippen molar-refractivity contribution >= 4 is 26.7 Å². The summed E-state index contributed by atoms with van der Waals surface area (Å²) >= 11 is 0. The molecular formula is C20H17F5N4O2S. The summed E-state index contributed by atoms with van der Waals surface area (Å²) in [5.41, 5.74) is -1.31. The van der Waals surface area contributed by atoms with E-state index in [4.69, 9.17) is 9.88 Å². The highest BCUT2D eigenvalue weighted by molar-refractivity contribution is 7.98. The van der Waals surface area contributed by atoms with Crippen LogP contribution in [0.5, 0.6) is 5.75 Å². The van der Waals surface area contributed by atoms with Gasteiger partial charge in [0.2, 0.25) is 5.95 Å². The van der Waals surface area contributed by atoms with Crippen molar-refractivity contribution in [1.29, 1.82) is 0 Å². The van der Waals surface area contributed by atoms with Crippen LogP contribution < -0.4 is 15.2 Å². The second-order valence-electron chi connectivity index (χ2n) is 6.79. The average Bonchev–Trinajstić information content (AvgIpc) is 2.67. The minimum absolute atomic E-state index is 0.00478. The van der Waals surface area contributed by atoms with Gasteiger partial charge < -0.3 is 10.1 Å². The van der Waals surface area contributed by atoms with Gasteiger partial charge in [0.05, 0.1) is 18.9 Å². The number of aromatic nitrogens is 2. The smallest absolute Gasteiger partial charge is 0.416 e. The first-order valence-electron chi connectivity index (χ1n) is 8.83. The zero-order chi connectivity index (χ0) is 23.7. The summed E-state index contributed by atoms with van der Waals surface area (Å²) in [6.07, 6.45) is -2.71. The Morgan fingerprint density at radius 1 is 1.16 bits per heavy atom. The fourth-order valence-corrected chi connectivity index (χ4v) is 3.51. The second kappa shape index (κ2) is 8.71. The standard InChI is InChI=1S/C20H17F5N4O2S/c1-31-17-8-13(21)3-4-15(17)18-16(22)9-27-19(29-18)28-14-6-11(10-32(2,26)30)5-12(7-14)20(23,24)25/h3-10H,1-2H3,(H2,26,30)(H,27,28,29). The van der Waals surface area contributed by atoms with E-state index in [-0.39, 0.29) is 34.2 Å². The lowest BCUT2D eigenvalue weighted by molar-refractivity contribution is -0.137. The summed E-state index contributed by atoms with van der Waals surface area (Å²) in [6, 6.07) is 6.21. The molecule has 0 radical (unpaired) electrons. The van der Waals surface area contributed by atoms with E-state index in [2.05, 4.69) is 15.3 Å². The minimum Gasteiger partial charge on any atom is -0.496 e. The van der Waals surface area contributed by atoms with Crippen molar-refractivity contribution in [1.82, 2.24) is 9.97 Å². The van der Waals surface area contributed by atoms with E-state index in [1.54, 1.807) is 0 Å². The van der Waals surface area contributed by atoms with Crippen LogP contribution in [0.2, 0.25) is 0 Å². The first kappa shape index (κ1) is 23.4. The molecule has 0 fully saturated rings. The predicted octanol–water partition coefficient (Wildman–Crippen LogP) is 4.13. The van der Waals surface area contributed by atoms with Crippen LogP contribution in [0.3, 0.4) is 0 Å². The zero-order valence-electron chi connectivity index (χ0n) is 16.7. The monoisotopic (exact) mass is 472 g/mol. The second-order valence-corrected chi connectivity index (χ2v) is 8.95. The van der Waals surface area contributed by atoms with E-state index in [1.807, 2.05) is 0 Å². The van der Waals surface area contributed by atoms with Gasteiger partial charge in [0.25, 0.3) is 0 Å². The molecule has 0 aliphatic carbocycles. The quantitative estimate of drug-likeness (QED) is 0.431. The largest absolute Gasteiger partial charge is 0.496 e. The molecule has 1 aromatic heterocycles. The van der Waals surface area contributed by atoms with Crippen molar-refractivity contribution in [2.75, 3.05) is 18.7 Å². The summed E-state index contributed by atoms with van der Waals surface area (Å²) in [7, 11) is -1.72. The van der Waals surface area contributed by atoms with Crippen LogP contribution in [0.25, 0.3) is 11.3 Å². The van der Waals surface area contributed by atoms with Gasteiger partial charge >= 0.3 is 6.18 Å². The Morgan fingerprint density at radius 2 is 1.88 bits per heavy atom. The SMILES string of the molecule is COc1cc(F)ccc1-c1nc(Nc2cc(C=S(C)(N)=O)cc(C(F)(F)F)c2)ncc1F. The van der Waals surface area contributed by atoms with E-state index in [0.717, 1.165) is 35.8 Å². The van der Waals surface area contributed by atoms with Crippen LogP contribution in [0.15, 0.2) is 42.6 Å². The third kappa shape index (κ3) is 5.71. The summed E-state index contributed by atoms with van der Waals surface area (Å²) < 4.78 is 84.6. The Morgan fingerprint density at radius 3 is 2.50 bits per heavy atom. The molecule has 32 heavy (non-hydrogen) atoms. The first-order valence-corrected chi connectivity index (χ1v) is 10.9. The van der Waals surface area contributed by atoms with Gasteiger partial charge in [0, 0.05) is 38.6 Å². The van der Waals surface area contributed by atoms with Crippen molar-refractivity contribution in [3.8, 4) is 17.0 Å². The van der Waals surface area contributed by atoms with E-state index in [1.165, 1.54) is 25.5 Å². The molecule has 1 heterocycles. The number of methoxy groups -OCH3 is 1. The molecule has 12 heteroatoms. The number of benzene rings is 2. The van der Waals surface area contributed by atoms with Crippen molar-refractivity contribution in [3.05, 3.63) is 65.4 Å². The average molecular weight is 472 g/mol. The van der Waals surface area contributed by atoms with Crippen molar-refractivity contribution in [2.45, 2.75) is 6.18 Å². The summed E-state index contributed by atoms with van der Waals surface area (Å²) in [5.74, 6) is -1.70. The number of anilines is 2.